The highest BCUT2D eigenvalue weighted by Gasteiger charge is 2.30. The van der Waals surface area contributed by atoms with Gasteiger partial charge in [0.15, 0.2) is 0 Å². The molecular weight excluding hydrogens is 446 g/mol. The summed E-state index contributed by atoms with van der Waals surface area (Å²) in [4.78, 5) is 42.2. The fraction of sp³-hybridized carbons (Fsp3) is 0.259. The lowest BCUT2D eigenvalue weighted by atomic mass is 9.98. The van der Waals surface area contributed by atoms with Gasteiger partial charge in [0.05, 0.1) is 0 Å². The Balaban J connectivity index is 1.21. The summed E-state index contributed by atoms with van der Waals surface area (Å²) < 4.78 is 5.55. The van der Waals surface area contributed by atoms with E-state index in [0.717, 1.165) is 22.3 Å². The van der Waals surface area contributed by atoms with E-state index in [9.17, 15) is 14.4 Å². The van der Waals surface area contributed by atoms with Crippen LogP contribution in [0, 0.1) is 5.92 Å². The fourth-order valence-electron chi connectivity index (χ4n) is 4.96. The summed E-state index contributed by atoms with van der Waals surface area (Å²) >= 11 is 0. The summed E-state index contributed by atoms with van der Waals surface area (Å²) in [7, 11) is 0. The van der Waals surface area contributed by atoms with E-state index in [0.29, 0.717) is 19.5 Å². The van der Waals surface area contributed by atoms with Crippen molar-refractivity contribution in [1.82, 2.24) is 9.88 Å². The number of aliphatic carboxylic acids is 1. The number of ether oxygens (including phenoxy) is 1. The average Bonchev–Trinajstić information content (AvgIpc) is 3.44. The third kappa shape index (κ3) is 4.73. The lowest BCUT2D eigenvalue weighted by molar-refractivity contribution is -0.138. The van der Waals surface area contributed by atoms with Crippen molar-refractivity contribution < 1.29 is 24.2 Å². The lowest BCUT2D eigenvalue weighted by Crippen LogP contribution is -2.30. The molecule has 1 saturated heterocycles. The summed E-state index contributed by atoms with van der Waals surface area (Å²) in [6, 6.07) is 21.0. The highest BCUT2D eigenvalue weighted by atomic mass is 16.5. The largest absolute Gasteiger partial charge is 0.481 e. The number of hydrogen-bond donors (Lipinski definition) is 2. The predicted molar refractivity (Wildman–Crippen MR) is 129 cm³/mol. The van der Waals surface area contributed by atoms with E-state index in [-0.39, 0.29) is 42.3 Å². The smallest absolute Gasteiger partial charge is 0.412 e. The molecule has 0 saturated carbocycles. The second-order valence-corrected chi connectivity index (χ2v) is 8.86. The lowest BCUT2D eigenvalue weighted by Gasteiger charge is -2.16. The Kier molecular flexibility index (Phi) is 6.18. The van der Waals surface area contributed by atoms with Crippen molar-refractivity contribution in [3.8, 4) is 11.1 Å². The zero-order valence-corrected chi connectivity index (χ0v) is 19.0. The van der Waals surface area contributed by atoms with Crippen LogP contribution < -0.4 is 5.32 Å². The maximum Gasteiger partial charge on any atom is 0.412 e. The van der Waals surface area contributed by atoms with Gasteiger partial charge in [0.1, 0.15) is 18.1 Å². The molecule has 1 fully saturated rings. The predicted octanol–water partition coefficient (Wildman–Crippen LogP) is 4.38. The molecule has 2 heterocycles. The average molecular weight is 472 g/mol. The standard InChI is InChI=1S/C27H25N3O5/c31-25(32)14-17-12-13-30(15-17)26(33)23-10-5-11-24(28-23)29-27(34)35-16-22-20-8-3-1-6-18(20)19-7-2-4-9-21(19)22/h1-11,17,22H,12-16H2,(H,31,32)(H,28,29,34). The molecule has 3 aromatic rings. The van der Waals surface area contributed by atoms with Gasteiger partial charge in [0.25, 0.3) is 5.91 Å². The van der Waals surface area contributed by atoms with Gasteiger partial charge in [-0.2, -0.15) is 0 Å². The van der Waals surface area contributed by atoms with E-state index in [1.54, 1.807) is 23.1 Å². The zero-order valence-electron chi connectivity index (χ0n) is 19.0. The molecule has 1 aliphatic heterocycles. The molecule has 0 bridgehead atoms. The third-order valence-corrected chi connectivity index (χ3v) is 6.58. The van der Waals surface area contributed by atoms with Crippen LogP contribution >= 0.6 is 0 Å². The van der Waals surface area contributed by atoms with Crippen molar-refractivity contribution in [2.24, 2.45) is 5.92 Å². The summed E-state index contributed by atoms with van der Waals surface area (Å²) in [5.74, 6) is -1.04. The van der Waals surface area contributed by atoms with Gasteiger partial charge in [-0.25, -0.2) is 9.78 Å². The molecule has 8 heteroatoms. The van der Waals surface area contributed by atoms with Crippen LogP contribution in [0.2, 0.25) is 0 Å². The Labute approximate surface area is 202 Å². The molecule has 1 aromatic heterocycles. The van der Waals surface area contributed by atoms with Crippen molar-refractivity contribution in [2.75, 3.05) is 25.0 Å². The molecule has 1 unspecified atom stereocenters. The van der Waals surface area contributed by atoms with Crippen LogP contribution in [0.1, 0.15) is 40.4 Å². The van der Waals surface area contributed by atoms with Gasteiger partial charge >= 0.3 is 12.1 Å². The normalized spacial score (nSPS) is 16.5. The molecule has 8 nitrogen and oxygen atoms in total. The Hall–Kier alpha value is -4.20. The number of carboxylic acid groups (broad SMARTS) is 1. The SMILES string of the molecule is O=C(O)CC1CCN(C(=O)c2cccc(NC(=O)OCC3c4ccccc4-c4ccccc43)n2)C1. The second-order valence-electron chi connectivity index (χ2n) is 8.86. The third-order valence-electron chi connectivity index (χ3n) is 6.58. The highest BCUT2D eigenvalue weighted by molar-refractivity contribution is 5.93. The number of anilines is 1. The first kappa shape index (κ1) is 22.6. The molecule has 2 aliphatic rings. The van der Waals surface area contributed by atoms with E-state index in [1.807, 2.05) is 24.3 Å². The van der Waals surface area contributed by atoms with E-state index in [4.69, 9.17) is 9.84 Å². The van der Waals surface area contributed by atoms with Crippen molar-refractivity contribution in [3.63, 3.8) is 0 Å². The Morgan fingerprint density at radius 3 is 2.34 bits per heavy atom. The quantitative estimate of drug-likeness (QED) is 0.552. The Morgan fingerprint density at radius 2 is 1.66 bits per heavy atom. The van der Waals surface area contributed by atoms with Crippen molar-refractivity contribution >= 4 is 23.8 Å². The van der Waals surface area contributed by atoms with Gasteiger partial charge in [-0.15, -0.1) is 0 Å². The van der Waals surface area contributed by atoms with E-state index >= 15 is 0 Å². The van der Waals surface area contributed by atoms with Crippen LogP contribution in [-0.2, 0) is 9.53 Å². The Morgan fingerprint density at radius 1 is 0.971 bits per heavy atom. The topological polar surface area (TPSA) is 109 Å². The highest BCUT2D eigenvalue weighted by Crippen LogP contribution is 2.44. The number of rotatable bonds is 6. The molecule has 2 N–H and O–H groups in total. The summed E-state index contributed by atoms with van der Waals surface area (Å²) in [6.07, 6.45) is 0.0442. The molecule has 5 rings (SSSR count). The van der Waals surface area contributed by atoms with Crippen LogP contribution in [0.4, 0.5) is 10.6 Å². The maximum atomic E-state index is 12.8. The Bertz CT molecular complexity index is 1250. The van der Waals surface area contributed by atoms with Crippen LogP contribution in [0.5, 0.6) is 0 Å². The van der Waals surface area contributed by atoms with Gasteiger partial charge < -0.3 is 14.7 Å². The minimum Gasteiger partial charge on any atom is -0.481 e. The van der Waals surface area contributed by atoms with E-state index < -0.39 is 12.1 Å². The molecule has 0 spiro atoms. The first-order valence-corrected chi connectivity index (χ1v) is 11.6. The molecule has 2 aromatic carbocycles. The molecule has 2 amide bonds. The number of carbonyl (C=O) groups is 3. The number of hydrogen-bond acceptors (Lipinski definition) is 5. The molecule has 178 valence electrons. The summed E-state index contributed by atoms with van der Waals surface area (Å²) in [5, 5.41) is 11.6. The monoisotopic (exact) mass is 471 g/mol. The molecule has 1 aliphatic carbocycles. The number of likely N-dealkylation sites (tertiary alicyclic amines) is 1. The van der Waals surface area contributed by atoms with Gasteiger partial charge in [0, 0.05) is 25.4 Å². The van der Waals surface area contributed by atoms with Crippen molar-refractivity contribution in [3.05, 3.63) is 83.6 Å². The minimum atomic E-state index is -0.864. The first-order chi connectivity index (χ1) is 17.0. The van der Waals surface area contributed by atoms with Gasteiger partial charge in [-0.3, -0.25) is 14.9 Å². The number of amides is 2. The van der Waals surface area contributed by atoms with E-state index in [1.165, 1.54) is 0 Å². The number of nitrogens with zero attached hydrogens (tertiary/aromatic N) is 2. The number of aromatic nitrogens is 1. The number of carboxylic acids is 1. The van der Waals surface area contributed by atoms with Gasteiger partial charge in [0.2, 0.25) is 0 Å². The minimum absolute atomic E-state index is 0.0423. The number of benzene rings is 2. The molecule has 0 radical (unpaired) electrons. The fourth-order valence-corrected chi connectivity index (χ4v) is 4.96. The van der Waals surface area contributed by atoms with Crippen LogP contribution in [0.3, 0.4) is 0 Å². The van der Waals surface area contributed by atoms with Crippen LogP contribution in [0.15, 0.2) is 66.7 Å². The van der Waals surface area contributed by atoms with Crippen LogP contribution in [-0.4, -0.2) is 52.7 Å². The van der Waals surface area contributed by atoms with E-state index in [2.05, 4.69) is 34.6 Å². The number of pyridine rings is 1. The van der Waals surface area contributed by atoms with Crippen molar-refractivity contribution in [2.45, 2.75) is 18.8 Å². The zero-order chi connectivity index (χ0) is 24.4. The maximum absolute atomic E-state index is 12.8. The molecule has 1 atom stereocenters. The molecular formula is C27H25N3O5. The van der Waals surface area contributed by atoms with Gasteiger partial charge in [-0.05, 0) is 46.7 Å². The summed E-state index contributed by atoms with van der Waals surface area (Å²) in [5.41, 5.74) is 4.74. The second kappa shape index (κ2) is 9.58. The van der Waals surface area contributed by atoms with Crippen molar-refractivity contribution in [1.29, 1.82) is 0 Å². The number of fused-ring (bicyclic) bond motifs is 3. The summed E-state index contributed by atoms with van der Waals surface area (Å²) in [6.45, 7) is 1.05. The van der Waals surface area contributed by atoms with Gasteiger partial charge in [-0.1, -0.05) is 54.6 Å². The van der Waals surface area contributed by atoms with Crippen LogP contribution in [0.25, 0.3) is 11.1 Å². The first-order valence-electron chi connectivity index (χ1n) is 11.6. The number of nitrogens with one attached hydrogen (secondary N) is 1. The number of carbonyl (C=O) groups excluding carboxylic acids is 2. The molecule has 35 heavy (non-hydrogen) atoms.